The Morgan fingerprint density at radius 2 is 1.77 bits per heavy atom. The minimum absolute atomic E-state index is 0.0246. The van der Waals surface area contributed by atoms with Gasteiger partial charge in [-0.25, -0.2) is 9.71 Å². The Labute approximate surface area is 238 Å². The molecule has 3 aromatic rings. The van der Waals surface area contributed by atoms with Gasteiger partial charge in [-0.05, 0) is 43.0 Å². The van der Waals surface area contributed by atoms with Gasteiger partial charge >= 0.3 is 10.2 Å². The van der Waals surface area contributed by atoms with E-state index >= 15 is 0 Å². The van der Waals surface area contributed by atoms with Crippen LogP contribution in [0.2, 0.25) is 0 Å². The number of aromatic nitrogens is 1. The molecule has 0 radical (unpaired) electrons. The van der Waals surface area contributed by atoms with E-state index in [-0.39, 0.29) is 18.8 Å². The Bertz CT molecular complexity index is 1380. The van der Waals surface area contributed by atoms with Gasteiger partial charge < -0.3 is 19.8 Å². The molecule has 0 aliphatic rings. The van der Waals surface area contributed by atoms with Gasteiger partial charge in [-0.15, -0.1) is 11.3 Å². The molecule has 40 heavy (non-hydrogen) atoms. The lowest BCUT2D eigenvalue weighted by molar-refractivity contribution is -0.141. The topological polar surface area (TPSA) is 149 Å². The molecule has 0 unspecified atom stereocenters. The molecule has 0 aliphatic carbocycles. The van der Waals surface area contributed by atoms with Crippen LogP contribution in [0.15, 0.2) is 54.6 Å². The molecule has 1 heterocycles. The normalized spacial score (nSPS) is 12.2. The van der Waals surface area contributed by atoms with Crippen molar-refractivity contribution in [2.75, 3.05) is 33.9 Å². The van der Waals surface area contributed by atoms with E-state index in [9.17, 15) is 23.1 Å². The number of likely N-dealkylation sites (N-methyl/N-ethyl adjacent to an activating group) is 1. The maximum absolute atomic E-state index is 13.4. The summed E-state index contributed by atoms with van der Waals surface area (Å²) in [6.07, 6.45) is -0.0794. The van der Waals surface area contributed by atoms with Crippen molar-refractivity contribution in [1.82, 2.24) is 18.9 Å². The van der Waals surface area contributed by atoms with Crippen LogP contribution in [0.3, 0.4) is 0 Å². The number of aliphatic hydroxyl groups excluding tert-OH is 2. The summed E-state index contributed by atoms with van der Waals surface area (Å²) in [6.45, 7) is 1.40. The Kier molecular flexibility index (Phi) is 11.2. The maximum atomic E-state index is 13.4. The Morgan fingerprint density at radius 1 is 1.10 bits per heavy atom. The van der Waals surface area contributed by atoms with Crippen LogP contribution in [0.4, 0.5) is 0 Å². The number of ether oxygens (including phenoxy) is 1. The zero-order valence-electron chi connectivity index (χ0n) is 22.6. The van der Waals surface area contributed by atoms with Gasteiger partial charge in [0.15, 0.2) is 6.10 Å². The van der Waals surface area contributed by atoms with E-state index in [2.05, 4.69) is 4.98 Å². The van der Waals surface area contributed by atoms with E-state index in [0.29, 0.717) is 40.6 Å². The zero-order chi connectivity index (χ0) is 29.3. The largest absolute Gasteiger partial charge is 0.497 e. The number of nitrogens with one attached hydrogen (secondary N) is 1. The fraction of sp³-hybridized carbons (Fsp3) is 0.370. The standard InChI is InChI=1S/C27H34N4O7S2/c1-19-24(26(34)29-40(36,37)30(2)16-17-32)28-23(39-19)18-31(15-7-10-20-8-5-4-6-9-20)27(35)25(33)21-11-13-22(38-3)14-12-21/h4-6,8-9,11-14,25,32-33H,7,10,15-18H2,1-3H3,(H,29,34)/t25-/m1/s1. The lowest BCUT2D eigenvalue weighted by Gasteiger charge is -2.25. The molecule has 0 fully saturated rings. The van der Waals surface area contributed by atoms with Crippen molar-refractivity contribution in [2.45, 2.75) is 32.4 Å². The van der Waals surface area contributed by atoms with E-state index in [1.54, 1.807) is 31.2 Å². The van der Waals surface area contributed by atoms with Crippen molar-refractivity contribution in [3.05, 3.63) is 81.3 Å². The molecule has 11 nitrogen and oxygen atoms in total. The first-order valence-electron chi connectivity index (χ1n) is 12.6. The van der Waals surface area contributed by atoms with Crippen LogP contribution in [0.25, 0.3) is 0 Å². The molecule has 2 aromatic carbocycles. The number of aliphatic hydroxyl groups is 2. The first-order valence-corrected chi connectivity index (χ1v) is 14.8. The number of thiazole rings is 1. The first kappa shape index (κ1) is 31.2. The number of nitrogens with zero attached hydrogens (tertiary/aromatic N) is 3. The Hall–Kier alpha value is -3.36. The number of hydrogen-bond acceptors (Lipinski definition) is 9. The fourth-order valence-electron chi connectivity index (χ4n) is 3.88. The van der Waals surface area contributed by atoms with Crippen LogP contribution < -0.4 is 9.46 Å². The molecule has 0 aliphatic heterocycles. The zero-order valence-corrected chi connectivity index (χ0v) is 24.2. The highest BCUT2D eigenvalue weighted by Gasteiger charge is 2.27. The Morgan fingerprint density at radius 3 is 2.40 bits per heavy atom. The first-order chi connectivity index (χ1) is 19.1. The number of carbonyl (C=O) groups excluding carboxylic acids is 2. The molecule has 216 valence electrons. The number of hydrogen-bond donors (Lipinski definition) is 3. The molecule has 3 N–H and O–H groups in total. The van der Waals surface area contributed by atoms with Crippen molar-refractivity contribution in [3.63, 3.8) is 0 Å². The van der Waals surface area contributed by atoms with E-state index in [0.717, 1.165) is 21.2 Å². The second-order valence-corrected chi connectivity index (χ2v) is 12.1. The quantitative estimate of drug-likeness (QED) is 0.258. The van der Waals surface area contributed by atoms with Crippen LogP contribution in [-0.4, -0.2) is 78.5 Å². The lowest BCUT2D eigenvalue weighted by atomic mass is 10.1. The van der Waals surface area contributed by atoms with E-state index in [4.69, 9.17) is 9.84 Å². The summed E-state index contributed by atoms with van der Waals surface area (Å²) >= 11 is 1.16. The van der Waals surface area contributed by atoms with Gasteiger partial charge in [0.2, 0.25) is 0 Å². The second-order valence-electron chi connectivity index (χ2n) is 9.02. The molecular formula is C27H34N4O7S2. The van der Waals surface area contributed by atoms with Crippen LogP contribution in [0, 0.1) is 6.92 Å². The number of carbonyl (C=O) groups is 2. The van der Waals surface area contributed by atoms with Crippen LogP contribution in [0.5, 0.6) is 5.75 Å². The van der Waals surface area contributed by atoms with Crippen molar-refractivity contribution in [1.29, 1.82) is 0 Å². The van der Waals surface area contributed by atoms with Gasteiger partial charge in [0.25, 0.3) is 11.8 Å². The third-order valence-electron chi connectivity index (χ3n) is 6.14. The average Bonchev–Trinajstić information content (AvgIpc) is 3.32. The SMILES string of the molecule is COc1ccc([C@@H](O)C(=O)N(CCCc2ccccc2)Cc2nc(C(=O)NS(=O)(=O)N(C)CCO)c(C)s2)cc1. The highest BCUT2D eigenvalue weighted by Crippen LogP contribution is 2.24. The predicted octanol–water partition coefficient (Wildman–Crippen LogP) is 2.05. The highest BCUT2D eigenvalue weighted by molar-refractivity contribution is 7.87. The maximum Gasteiger partial charge on any atom is 0.303 e. The minimum atomic E-state index is -4.17. The van der Waals surface area contributed by atoms with E-state index in [1.165, 1.54) is 19.1 Å². The van der Waals surface area contributed by atoms with Crippen LogP contribution in [0.1, 0.15) is 44.0 Å². The van der Waals surface area contributed by atoms with Crippen molar-refractivity contribution < 1.29 is 33.0 Å². The second kappa shape index (κ2) is 14.3. The molecule has 0 saturated heterocycles. The smallest absolute Gasteiger partial charge is 0.303 e. The summed E-state index contributed by atoms with van der Waals surface area (Å²) in [5.74, 6) is -0.841. The third kappa shape index (κ3) is 8.32. The number of aryl methyl sites for hydroxylation is 2. The summed E-state index contributed by atoms with van der Waals surface area (Å²) in [5, 5.41) is 20.3. The Balaban J connectivity index is 1.79. The van der Waals surface area contributed by atoms with Gasteiger partial charge in [-0.1, -0.05) is 42.5 Å². The number of methoxy groups -OCH3 is 1. The number of rotatable bonds is 14. The molecule has 0 saturated carbocycles. The van der Waals surface area contributed by atoms with Crippen LogP contribution >= 0.6 is 11.3 Å². The minimum Gasteiger partial charge on any atom is -0.497 e. The number of amides is 2. The van der Waals surface area contributed by atoms with Crippen molar-refractivity contribution in [2.24, 2.45) is 0 Å². The van der Waals surface area contributed by atoms with Crippen LogP contribution in [-0.2, 0) is 28.0 Å². The van der Waals surface area contributed by atoms with Gasteiger partial charge in [0.05, 0.1) is 20.3 Å². The fourth-order valence-corrected chi connectivity index (χ4v) is 5.64. The van der Waals surface area contributed by atoms with Crippen molar-refractivity contribution >= 4 is 33.4 Å². The number of benzene rings is 2. The van der Waals surface area contributed by atoms with Gasteiger partial charge in [0, 0.05) is 25.0 Å². The molecule has 13 heteroatoms. The summed E-state index contributed by atoms with van der Waals surface area (Å²) in [6, 6.07) is 16.4. The molecule has 1 atom stereocenters. The summed E-state index contributed by atoms with van der Waals surface area (Å²) in [7, 11) is -1.41. The molecule has 0 spiro atoms. The van der Waals surface area contributed by atoms with E-state index < -0.39 is 34.7 Å². The molecule has 3 rings (SSSR count). The molecule has 0 bridgehead atoms. The highest BCUT2D eigenvalue weighted by atomic mass is 32.2. The summed E-state index contributed by atoms with van der Waals surface area (Å²) in [5.41, 5.74) is 1.45. The monoisotopic (exact) mass is 590 g/mol. The lowest BCUT2D eigenvalue weighted by Crippen LogP contribution is -2.42. The molecule has 2 amide bonds. The average molecular weight is 591 g/mol. The summed E-state index contributed by atoms with van der Waals surface area (Å²) in [4.78, 5) is 32.4. The van der Waals surface area contributed by atoms with E-state index in [1.807, 2.05) is 35.1 Å². The predicted molar refractivity (Wildman–Crippen MR) is 151 cm³/mol. The molecule has 1 aromatic heterocycles. The van der Waals surface area contributed by atoms with Gasteiger partial charge in [-0.3, -0.25) is 9.59 Å². The third-order valence-corrected chi connectivity index (χ3v) is 8.54. The van der Waals surface area contributed by atoms with Crippen molar-refractivity contribution in [3.8, 4) is 5.75 Å². The van der Waals surface area contributed by atoms with Gasteiger partial charge in [0.1, 0.15) is 16.5 Å². The summed E-state index contributed by atoms with van der Waals surface area (Å²) < 4.78 is 32.6. The van der Waals surface area contributed by atoms with Gasteiger partial charge in [-0.2, -0.15) is 12.7 Å². The molecular weight excluding hydrogens is 556 g/mol.